The van der Waals surface area contributed by atoms with Gasteiger partial charge in [-0.2, -0.15) is 8.42 Å². The van der Waals surface area contributed by atoms with E-state index in [1.54, 1.807) is 29.8 Å². The number of sulfonamides is 1. The van der Waals surface area contributed by atoms with Crippen molar-refractivity contribution in [1.29, 1.82) is 0 Å². The molecule has 0 unspecified atom stereocenters. The molecule has 0 bridgehead atoms. The van der Waals surface area contributed by atoms with Gasteiger partial charge in [-0.15, -0.1) is 11.3 Å². The number of hydrogen-bond donors (Lipinski definition) is 1. The summed E-state index contributed by atoms with van der Waals surface area (Å²) in [5.74, 6) is 0. The van der Waals surface area contributed by atoms with Gasteiger partial charge < -0.3 is 0 Å². The maximum absolute atomic E-state index is 12.5. The van der Waals surface area contributed by atoms with Gasteiger partial charge in [0.25, 0.3) is 10.0 Å². The number of rotatable bonds is 3. The molecule has 0 aliphatic heterocycles. The fourth-order valence-electron chi connectivity index (χ4n) is 1.75. The third kappa shape index (κ3) is 2.66. The summed E-state index contributed by atoms with van der Waals surface area (Å²) in [4.78, 5) is 4.52. The van der Waals surface area contributed by atoms with Crippen molar-refractivity contribution in [1.82, 2.24) is 9.38 Å². The molecule has 21 heavy (non-hydrogen) atoms. The maximum atomic E-state index is 12.5. The molecule has 0 atom stereocenters. The summed E-state index contributed by atoms with van der Waals surface area (Å²) in [5, 5.41) is 1.95. The molecule has 1 N–H and O–H groups in total. The normalized spacial score (nSPS) is 12.0. The Labute approximate surface area is 142 Å². The second-order valence-corrected chi connectivity index (χ2v) is 8.00. The molecule has 0 aliphatic rings. The second-order valence-electron chi connectivity index (χ2n) is 3.97. The average Bonchev–Trinajstić information content (AvgIpc) is 2.94. The highest BCUT2D eigenvalue weighted by Gasteiger charge is 2.26. The molecular formula is C11H6BrCl2N3O2S2. The van der Waals surface area contributed by atoms with Crippen LogP contribution in [0.1, 0.15) is 0 Å². The zero-order chi connectivity index (χ0) is 15.2. The molecule has 3 rings (SSSR count). The van der Waals surface area contributed by atoms with Crippen molar-refractivity contribution in [3.8, 4) is 0 Å². The fraction of sp³-hybridized carbons (Fsp3) is 0. The summed E-state index contributed by atoms with van der Waals surface area (Å²) in [6.45, 7) is 0. The Kier molecular flexibility index (Phi) is 3.91. The first-order valence-electron chi connectivity index (χ1n) is 5.48. The number of thiazole rings is 1. The number of fused-ring (bicyclic) bond motifs is 1. The molecule has 0 radical (unpaired) electrons. The highest BCUT2D eigenvalue weighted by molar-refractivity contribution is 9.10. The number of imidazole rings is 1. The molecule has 3 aromatic rings. The smallest absolute Gasteiger partial charge is 0.278 e. The lowest BCUT2D eigenvalue weighted by Crippen LogP contribution is -2.15. The molecule has 5 nitrogen and oxygen atoms in total. The zero-order valence-corrected chi connectivity index (χ0v) is 14.8. The van der Waals surface area contributed by atoms with Crippen molar-refractivity contribution in [2.24, 2.45) is 0 Å². The summed E-state index contributed by atoms with van der Waals surface area (Å²) in [6.07, 6.45) is 1.60. The molecule has 110 valence electrons. The van der Waals surface area contributed by atoms with Crippen LogP contribution in [0.4, 0.5) is 5.69 Å². The van der Waals surface area contributed by atoms with Gasteiger partial charge in [-0.25, -0.2) is 4.98 Å². The highest BCUT2D eigenvalue weighted by Crippen LogP contribution is 2.33. The van der Waals surface area contributed by atoms with E-state index in [9.17, 15) is 8.42 Å². The Morgan fingerprint density at radius 3 is 2.86 bits per heavy atom. The van der Waals surface area contributed by atoms with Gasteiger partial charge in [0.05, 0.1) is 15.2 Å². The fourth-order valence-corrected chi connectivity index (χ4v) is 4.95. The minimum Gasteiger partial charge on any atom is -0.278 e. The Morgan fingerprint density at radius 1 is 1.33 bits per heavy atom. The molecule has 0 fully saturated rings. The summed E-state index contributed by atoms with van der Waals surface area (Å²) in [7, 11) is -3.90. The van der Waals surface area contributed by atoms with Gasteiger partial charge in [0.2, 0.25) is 0 Å². The van der Waals surface area contributed by atoms with Crippen LogP contribution in [0.5, 0.6) is 0 Å². The van der Waals surface area contributed by atoms with Gasteiger partial charge in [-0.3, -0.25) is 9.12 Å². The minimum absolute atomic E-state index is 0.0764. The number of nitrogens with one attached hydrogen (secondary N) is 1. The lowest BCUT2D eigenvalue weighted by Gasteiger charge is -2.10. The lowest BCUT2D eigenvalue weighted by atomic mass is 10.3. The maximum Gasteiger partial charge on any atom is 0.281 e. The van der Waals surface area contributed by atoms with Crippen LogP contribution in [-0.2, 0) is 10.0 Å². The standard InChI is InChI=1S/C11H6BrCl2N3O2S2/c12-8-6(13)2-1-3-7(8)16-21(18,19)10-9(14)15-11-17(10)4-5-20-11/h1-5,16H. The Hall–Kier alpha value is -0.800. The van der Waals surface area contributed by atoms with E-state index in [0.717, 1.165) is 0 Å². The van der Waals surface area contributed by atoms with E-state index in [4.69, 9.17) is 23.2 Å². The predicted molar refractivity (Wildman–Crippen MR) is 88.0 cm³/mol. The molecule has 10 heteroatoms. The van der Waals surface area contributed by atoms with E-state index in [2.05, 4.69) is 25.6 Å². The van der Waals surface area contributed by atoms with E-state index in [1.807, 2.05) is 0 Å². The van der Waals surface area contributed by atoms with Crippen molar-refractivity contribution in [2.75, 3.05) is 4.72 Å². The summed E-state index contributed by atoms with van der Waals surface area (Å²) < 4.78 is 29.4. The molecule has 0 aliphatic carbocycles. The monoisotopic (exact) mass is 425 g/mol. The second kappa shape index (κ2) is 5.44. The van der Waals surface area contributed by atoms with Crippen molar-refractivity contribution in [3.63, 3.8) is 0 Å². The van der Waals surface area contributed by atoms with Crippen LogP contribution >= 0.6 is 50.5 Å². The Morgan fingerprint density at radius 2 is 2.10 bits per heavy atom. The van der Waals surface area contributed by atoms with Gasteiger partial charge in [-0.05, 0) is 28.1 Å². The third-order valence-electron chi connectivity index (χ3n) is 2.63. The molecule has 2 heterocycles. The third-order valence-corrected chi connectivity index (χ3v) is 6.55. The van der Waals surface area contributed by atoms with E-state index in [1.165, 1.54) is 15.7 Å². The van der Waals surface area contributed by atoms with Gasteiger partial charge in [-0.1, -0.05) is 29.3 Å². The number of halogens is 3. The van der Waals surface area contributed by atoms with Crippen molar-refractivity contribution < 1.29 is 8.42 Å². The quantitative estimate of drug-likeness (QED) is 0.680. The van der Waals surface area contributed by atoms with Crippen LogP contribution in [0, 0.1) is 0 Å². The van der Waals surface area contributed by atoms with E-state index < -0.39 is 10.0 Å². The first kappa shape index (κ1) is 15.1. The largest absolute Gasteiger partial charge is 0.281 e. The SMILES string of the molecule is O=S(=O)(Nc1cccc(Cl)c1Br)c1c(Cl)nc2sccn12. The molecule has 0 amide bonds. The molecule has 0 saturated carbocycles. The molecule has 0 spiro atoms. The molecule has 2 aromatic heterocycles. The minimum atomic E-state index is -3.90. The Balaban J connectivity index is 2.11. The van der Waals surface area contributed by atoms with Crippen molar-refractivity contribution in [2.45, 2.75) is 5.03 Å². The number of nitrogens with zero attached hydrogens (tertiary/aromatic N) is 2. The molecule has 1 aromatic carbocycles. The number of anilines is 1. The molecule has 0 saturated heterocycles. The summed E-state index contributed by atoms with van der Waals surface area (Å²) in [5.41, 5.74) is 0.323. The Bertz CT molecular complexity index is 936. The van der Waals surface area contributed by atoms with Gasteiger partial charge >= 0.3 is 0 Å². The van der Waals surface area contributed by atoms with Crippen LogP contribution in [0.2, 0.25) is 10.2 Å². The summed E-state index contributed by atoms with van der Waals surface area (Å²) >= 11 is 16.4. The zero-order valence-electron chi connectivity index (χ0n) is 10.0. The van der Waals surface area contributed by atoms with E-state index in [0.29, 0.717) is 20.1 Å². The van der Waals surface area contributed by atoms with Crippen molar-refractivity contribution >= 4 is 71.1 Å². The summed E-state index contributed by atoms with van der Waals surface area (Å²) in [6, 6.07) is 4.88. The first-order chi connectivity index (χ1) is 9.90. The van der Waals surface area contributed by atoms with Crippen LogP contribution in [0.15, 0.2) is 39.3 Å². The van der Waals surface area contributed by atoms with Crippen molar-refractivity contribution in [3.05, 3.63) is 44.4 Å². The van der Waals surface area contributed by atoms with Gasteiger partial charge in [0.15, 0.2) is 15.1 Å². The first-order valence-corrected chi connectivity index (χ1v) is 9.39. The van der Waals surface area contributed by atoms with Crippen LogP contribution in [-0.4, -0.2) is 17.8 Å². The predicted octanol–water partition coefficient (Wildman–Crippen LogP) is 4.27. The topological polar surface area (TPSA) is 63.5 Å². The van der Waals surface area contributed by atoms with Gasteiger partial charge in [0, 0.05) is 11.6 Å². The van der Waals surface area contributed by atoms with Crippen LogP contribution in [0.3, 0.4) is 0 Å². The van der Waals surface area contributed by atoms with E-state index in [-0.39, 0.29) is 10.2 Å². The highest BCUT2D eigenvalue weighted by atomic mass is 79.9. The number of hydrogen-bond acceptors (Lipinski definition) is 4. The van der Waals surface area contributed by atoms with Crippen LogP contribution < -0.4 is 4.72 Å². The number of benzene rings is 1. The number of aromatic nitrogens is 2. The van der Waals surface area contributed by atoms with Gasteiger partial charge in [0.1, 0.15) is 0 Å². The van der Waals surface area contributed by atoms with Crippen LogP contribution in [0.25, 0.3) is 4.96 Å². The molecular weight excluding hydrogens is 421 g/mol. The lowest BCUT2D eigenvalue weighted by molar-refractivity contribution is 0.596. The average molecular weight is 427 g/mol. The van der Waals surface area contributed by atoms with E-state index >= 15 is 0 Å².